The second-order valence-electron chi connectivity index (χ2n) is 5.02. The molecule has 7 nitrogen and oxygen atoms in total. The standard InChI is InChI=1S/C15H26N4O3/c1-4-9-21-12(2)15(17-3)18-22-11-13-5-7-19(8-6-13)14(20)10-16/h4,9,13H,2,5-8,10-11,16H2,1,3H3,(H,17,18)/b9-4-. The van der Waals surface area contributed by atoms with Gasteiger partial charge in [-0.25, -0.2) is 5.48 Å². The molecule has 0 saturated carbocycles. The summed E-state index contributed by atoms with van der Waals surface area (Å²) in [5.41, 5.74) is 8.13. The second kappa shape index (κ2) is 9.97. The Morgan fingerprint density at radius 1 is 1.50 bits per heavy atom. The van der Waals surface area contributed by atoms with Crippen molar-refractivity contribution >= 4 is 11.7 Å². The predicted octanol–water partition coefficient (Wildman–Crippen LogP) is 0.797. The summed E-state index contributed by atoms with van der Waals surface area (Å²) in [6, 6.07) is 0. The molecule has 3 N–H and O–H groups in total. The lowest BCUT2D eigenvalue weighted by molar-refractivity contribution is -0.131. The number of allylic oxidation sites excluding steroid dienone is 1. The Labute approximate surface area is 131 Å². The molecule has 0 aliphatic carbocycles. The van der Waals surface area contributed by atoms with Gasteiger partial charge in [-0.2, -0.15) is 0 Å². The first-order valence-corrected chi connectivity index (χ1v) is 7.41. The van der Waals surface area contributed by atoms with Gasteiger partial charge >= 0.3 is 0 Å². The summed E-state index contributed by atoms with van der Waals surface area (Å²) >= 11 is 0. The SMILES string of the molecule is C=C(O/C=C\C)C(=NC)NOCC1CCN(C(=O)CN)CC1. The third-order valence-electron chi connectivity index (χ3n) is 3.46. The molecule has 1 saturated heterocycles. The summed E-state index contributed by atoms with van der Waals surface area (Å²) in [6.45, 7) is 7.70. The van der Waals surface area contributed by atoms with E-state index in [4.69, 9.17) is 15.3 Å². The van der Waals surface area contributed by atoms with Crippen molar-refractivity contribution in [3.8, 4) is 0 Å². The van der Waals surface area contributed by atoms with Gasteiger partial charge in [0.05, 0.1) is 19.4 Å². The first-order valence-electron chi connectivity index (χ1n) is 7.41. The number of piperidine rings is 1. The molecule has 0 aromatic carbocycles. The van der Waals surface area contributed by atoms with E-state index in [1.165, 1.54) is 6.26 Å². The Kier molecular flexibility index (Phi) is 8.24. The van der Waals surface area contributed by atoms with E-state index in [2.05, 4.69) is 17.1 Å². The monoisotopic (exact) mass is 310 g/mol. The van der Waals surface area contributed by atoms with Crippen molar-refractivity contribution in [3.63, 3.8) is 0 Å². The van der Waals surface area contributed by atoms with E-state index in [9.17, 15) is 4.79 Å². The summed E-state index contributed by atoms with van der Waals surface area (Å²) < 4.78 is 5.24. The Bertz CT molecular complexity index is 427. The fourth-order valence-corrected chi connectivity index (χ4v) is 2.14. The van der Waals surface area contributed by atoms with E-state index in [1.54, 1.807) is 18.0 Å². The zero-order chi connectivity index (χ0) is 16.4. The number of likely N-dealkylation sites (tertiary alicyclic amines) is 1. The van der Waals surface area contributed by atoms with Crippen LogP contribution in [0.2, 0.25) is 0 Å². The third kappa shape index (κ3) is 5.87. The molecular weight excluding hydrogens is 284 g/mol. The van der Waals surface area contributed by atoms with Crippen molar-refractivity contribution in [2.45, 2.75) is 19.8 Å². The summed E-state index contributed by atoms with van der Waals surface area (Å²) in [5.74, 6) is 1.25. The average molecular weight is 310 g/mol. The first kappa shape index (κ1) is 18.2. The van der Waals surface area contributed by atoms with Gasteiger partial charge in [0.25, 0.3) is 0 Å². The highest BCUT2D eigenvalue weighted by Gasteiger charge is 2.22. The Morgan fingerprint density at radius 2 is 2.18 bits per heavy atom. The normalized spacial score (nSPS) is 16.9. The smallest absolute Gasteiger partial charge is 0.236 e. The summed E-state index contributed by atoms with van der Waals surface area (Å²) in [4.78, 5) is 22.8. The Hall–Kier alpha value is -1.86. The molecule has 0 aromatic rings. The number of hydroxylamine groups is 1. The quantitative estimate of drug-likeness (QED) is 0.314. The summed E-state index contributed by atoms with van der Waals surface area (Å²) in [5, 5.41) is 0. The van der Waals surface area contributed by atoms with Gasteiger partial charge in [0.1, 0.15) is 0 Å². The number of nitrogens with one attached hydrogen (secondary N) is 1. The van der Waals surface area contributed by atoms with E-state index in [-0.39, 0.29) is 12.5 Å². The number of nitrogens with zero attached hydrogens (tertiary/aromatic N) is 2. The molecule has 124 valence electrons. The highest BCUT2D eigenvalue weighted by atomic mass is 16.6. The minimum Gasteiger partial charge on any atom is -0.462 e. The first-order chi connectivity index (χ1) is 10.6. The van der Waals surface area contributed by atoms with Gasteiger partial charge in [0, 0.05) is 20.1 Å². The van der Waals surface area contributed by atoms with Crippen LogP contribution in [0.1, 0.15) is 19.8 Å². The number of rotatable bonds is 7. The van der Waals surface area contributed by atoms with Crippen LogP contribution in [-0.2, 0) is 14.4 Å². The van der Waals surface area contributed by atoms with Crippen molar-refractivity contribution in [1.82, 2.24) is 10.4 Å². The molecule has 22 heavy (non-hydrogen) atoms. The minimum absolute atomic E-state index is 0.00956. The lowest BCUT2D eigenvalue weighted by Gasteiger charge is -2.31. The zero-order valence-electron chi connectivity index (χ0n) is 13.4. The van der Waals surface area contributed by atoms with Gasteiger partial charge in [0.15, 0.2) is 11.6 Å². The maximum absolute atomic E-state index is 11.5. The van der Waals surface area contributed by atoms with E-state index in [0.717, 1.165) is 25.9 Å². The molecule has 0 bridgehead atoms. The van der Waals surface area contributed by atoms with Gasteiger partial charge in [-0.1, -0.05) is 12.7 Å². The number of amides is 1. The van der Waals surface area contributed by atoms with E-state index in [0.29, 0.717) is 24.1 Å². The molecule has 1 heterocycles. The number of carbonyl (C=O) groups is 1. The van der Waals surface area contributed by atoms with Crippen LogP contribution in [-0.4, -0.2) is 49.9 Å². The molecule has 0 aromatic heterocycles. The lowest BCUT2D eigenvalue weighted by atomic mass is 9.98. The molecule has 1 fully saturated rings. The van der Waals surface area contributed by atoms with Crippen molar-refractivity contribution < 1.29 is 14.4 Å². The Morgan fingerprint density at radius 3 is 2.73 bits per heavy atom. The van der Waals surface area contributed by atoms with E-state index in [1.807, 2.05) is 6.92 Å². The molecule has 0 radical (unpaired) electrons. The molecule has 1 aliphatic rings. The van der Waals surface area contributed by atoms with E-state index < -0.39 is 0 Å². The number of aliphatic imine (C=N–C) groups is 1. The maximum atomic E-state index is 11.5. The minimum atomic E-state index is 0.00956. The predicted molar refractivity (Wildman–Crippen MR) is 85.8 cm³/mol. The van der Waals surface area contributed by atoms with Crippen LogP contribution in [0.25, 0.3) is 0 Å². The van der Waals surface area contributed by atoms with Crippen LogP contribution in [0.15, 0.2) is 29.7 Å². The molecule has 1 rings (SSSR count). The van der Waals surface area contributed by atoms with Crippen LogP contribution in [0.5, 0.6) is 0 Å². The number of amidine groups is 1. The van der Waals surface area contributed by atoms with Gasteiger partial charge in [0.2, 0.25) is 5.91 Å². The van der Waals surface area contributed by atoms with Gasteiger partial charge in [-0.15, -0.1) is 0 Å². The summed E-state index contributed by atoms with van der Waals surface area (Å²) in [6.07, 6.45) is 5.10. The van der Waals surface area contributed by atoms with Gasteiger partial charge in [-0.05, 0) is 25.7 Å². The van der Waals surface area contributed by atoms with Gasteiger partial charge in [-0.3, -0.25) is 14.6 Å². The number of carbonyl (C=O) groups excluding carboxylic acids is 1. The topological polar surface area (TPSA) is 89.2 Å². The van der Waals surface area contributed by atoms with Crippen molar-refractivity contribution in [2.24, 2.45) is 16.6 Å². The highest BCUT2D eigenvalue weighted by Crippen LogP contribution is 2.17. The van der Waals surface area contributed by atoms with Crippen molar-refractivity contribution in [2.75, 3.05) is 33.3 Å². The summed E-state index contributed by atoms with van der Waals surface area (Å²) in [7, 11) is 1.63. The molecule has 1 amide bonds. The van der Waals surface area contributed by atoms with Crippen LogP contribution < -0.4 is 11.2 Å². The lowest BCUT2D eigenvalue weighted by Crippen LogP contribution is -2.42. The molecule has 1 aliphatic heterocycles. The molecule has 0 unspecified atom stereocenters. The number of ether oxygens (including phenoxy) is 1. The number of nitrogens with two attached hydrogens (primary N) is 1. The molecular formula is C15H26N4O3. The molecule has 0 spiro atoms. The van der Waals surface area contributed by atoms with Gasteiger partial charge < -0.3 is 15.4 Å². The number of hydrogen-bond acceptors (Lipinski definition) is 5. The fourth-order valence-electron chi connectivity index (χ4n) is 2.14. The average Bonchev–Trinajstić information content (AvgIpc) is 2.56. The van der Waals surface area contributed by atoms with Crippen LogP contribution in [0.4, 0.5) is 0 Å². The van der Waals surface area contributed by atoms with Crippen molar-refractivity contribution in [3.05, 3.63) is 24.7 Å². The second-order valence-corrected chi connectivity index (χ2v) is 5.02. The zero-order valence-corrected chi connectivity index (χ0v) is 13.4. The largest absolute Gasteiger partial charge is 0.462 e. The maximum Gasteiger partial charge on any atom is 0.236 e. The molecule has 0 atom stereocenters. The van der Waals surface area contributed by atoms with Crippen LogP contribution in [0, 0.1) is 5.92 Å². The number of hydrogen-bond donors (Lipinski definition) is 2. The molecule has 7 heteroatoms. The Balaban J connectivity index is 2.27. The fraction of sp³-hybridized carbons (Fsp3) is 0.600. The highest BCUT2D eigenvalue weighted by molar-refractivity contribution is 5.95. The van der Waals surface area contributed by atoms with Crippen molar-refractivity contribution in [1.29, 1.82) is 0 Å². The van der Waals surface area contributed by atoms with E-state index >= 15 is 0 Å². The van der Waals surface area contributed by atoms with Crippen LogP contribution >= 0.6 is 0 Å². The van der Waals surface area contributed by atoms with Crippen LogP contribution in [0.3, 0.4) is 0 Å². The third-order valence-corrected chi connectivity index (χ3v) is 3.46.